The summed E-state index contributed by atoms with van der Waals surface area (Å²) in [4.78, 5) is 30.9. The fourth-order valence-electron chi connectivity index (χ4n) is 2.93. The van der Waals surface area contributed by atoms with Crippen molar-refractivity contribution in [3.8, 4) is 11.9 Å². The summed E-state index contributed by atoms with van der Waals surface area (Å²) < 4.78 is 5.77. The highest BCUT2D eigenvalue weighted by molar-refractivity contribution is 5.97. The molecule has 0 radical (unpaired) electrons. The Hall–Kier alpha value is -3.60. The second-order valence-electron chi connectivity index (χ2n) is 5.86. The predicted octanol–water partition coefficient (Wildman–Crippen LogP) is 1.58. The molecular weight excluding hydrogens is 332 g/mol. The van der Waals surface area contributed by atoms with Crippen LogP contribution in [-0.2, 0) is 0 Å². The van der Waals surface area contributed by atoms with E-state index in [1.807, 2.05) is 6.07 Å². The van der Waals surface area contributed by atoms with Gasteiger partial charge in [-0.3, -0.25) is 14.8 Å². The molecule has 1 aromatic carbocycles. The molecule has 8 nitrogen and oxygen atoms in total. The van der Waals surface area contributed by atoms with Crippen molar-refractivity contribution in [1.82, 2.24) is 24.8 Å². The fourth-order valence-corrected chi connectivity index (χ4v) is 2.93. The van der Waals surface area contributed by atoms with Crippen LogP contribution < -0.4 is 4.74 Å². The Labute approximate surface area is 149 Å². The van der Waals surface area contributed by atoms with Crippen molar-refractivity contribution >= 4 is 16.9 Å². The van der Waals surface area contributed by atoms with Gasteiger partial charge in [-0.2, -0.15) is 5.26 Å². The van der Waals surface area contributed by atoms with E-state index in [2.05, 4.69) is 19.9 Å². The number of hydrogen-bond acceptors (Lipinski definition) is 7. The first-order chi connectivity index (χ1) is 12.7. The summed E-state index contributed by atoms with van der Waals surface area (Å²) in [5.41, 5.74) is 2.14. The van der Waals surface area contributed by atoms with Crippen LogP contribution in [0.4, 0.5) is 0 Å². The highest BCUT2D eigenvalue weighted by Gasteiger charge is 2.29. The third kappa shape index (κ3) is 3.02. The molecule has 0 aliphatic carbocycles. The minimum absolute atomic E-state index is 0.0803. The fraction of sp³-hybridized carbons (Fsp3) is 0.222. The molecular formula is C18H14N6O2. The van der Waals surface area contributed by atoms with Crippen molar-refractivity contribution in [3.63, 3.8) is 0 Å². The molecule has 0 bridgehead atoms. The Kier molecular flexibility index (Phi) is 4.11. The number of nitriles is 1. The Morgan fingerprint density at radius 3 is 2.73 bits per heavy atom. The van der Waals surface area contributed by atoms with Crippen LogP contribution in [0, 0.1) is 11.3 Å². The van der Waals surface area contributed by atoms with E-state index in [1.54, 1.807) is 35.5 Å². The highest BCUT2D eigenvalue weighted by Crippen LogP contribution is 2.21. The molecule has 1 atom stereocenters. The maximum absolute atomic E-state index is 12.8. The number of carbonyl (C=O) groups is 1. The largest absolute Gasteiger partial charge is 0.470 e. The van der Waals surface area contributed by atoms with E-state index in [-0.39, 0.29) is 23.6 Å². The summed E-state index contributed by atoms with van der Waals surface area (Å²) in [5.74, 6) is 0.124. The number of amides is 1. The zero-order valence-corrected chi connectivity index (χ0v) is 13.7. The molecule has 0 unspecified atom stereocenters. The smallest absolute Gasteiger partial charge is 0.254 e. The number of aromatic nitrogens is 4. The Bertz CT molecular complexity index is 1020. The van der Waals surface area contributed by atoms with Crippen molar-refractivity contribution in [3.05, 3.63) is 54.2 Å². The molecule has 1 aliphatic heterocycles. The van der Waals surface area contributed by atoms with Gasteiger partial charge >= 0.3 is 0 Å². The van der Waals surface area contributed by atoms with Crippen LogP contribution in [0.25, 0.3) is 11.0 Å². The summed E-state index contributed by atoms with van der Waals surface area (Å²) in [7, 11) is 0. The van der Waals surface area contributed by atoms with Gasteiger partial charge in [-0.1, -0.05) is 0 Å². The molecule has 4 rings (SSSR count). The molecule has 0 spiro atoms. The third-order valence-electron chi connectivity index (χ3n) is 4.20. The lowest BCUT2D eigenvalue weighted by Gasteiger charge is -2.17. The van der Waals surface area contributed by atoms with Crippen LogP contribution in [0.2, 0.25) is 0 Å². The molecule has 1 amide bonds. The number of ether oxygens (including phenoxy) is 1. The van der Waals surface area contributed by atoms with Crippen molar-refractivity contribution < 1.29 is 9.53 Å². The van der Waals surface area contributed by atoms with Crippen molar-refractivity contribution in [2.45, 2.75) is 12.5 Å². The summed E-state index contributed by atoms with van der Waals surface area (Å²) in [6.07, 6.45) is 6.59. The molecule has 0 N–H and O–H groups in total. The maximum atomic E-state index is 12.8. The van der Waals surface area contributed by atoms with Gasteiger partial charge in [0, 0.05) is 43.3 Å². The van der Waals surface area contributed by atoms with Crippen molar-refractivity contribution in [2.75, 3.05) is 13.1 Å². The van der Waals surface area contributed by atoms with Crippen molar-refractivity contribution in [1.29, 1.82) is 5.26 Å². The van der Waals surface area contributed by atoms with Gasteiger partial charge in [0.1, 0.15) is 12.2 Å². The van der Waals surface area contributed by atoms with Gasteiger partial charge in [0.2, 0.25) is 5.69 Å². The topological polar surface area (TPSA) is 105 Å². The van der Waals surface area contributed by atoms with E-state index in [0.717, 1.165) is 5.52 Å². The van der Waals surface area contributed by atoms with E-state index < -0.39 is 0 Å². The minimum atomic E-state index is -0.219. The predicted molar refractivity (Wildman–Crippen MR) is 91.2 cm³/mol. The van der Waals surface area contributed by atoms with Gasteiger partial charge in [0.15, 0.2) is 0 Å². The van der Waals surface area contributed by atoms with Crippen LogP contribution in [0.1, 0.15) is 22.5 Å². The maximum Gasteiger partial charge on any atom is 0.254 e. The van der Waals surface area contributed by atoms with E-state index in [9.17, 15) is 4.79 Å². The van der Waals surface area contributed by atoms with Crippen molar-refractivity contribution in [2.24, 2.45) is 0 Å². The second-order valence-corrected chi connectivity index (χ2v) is 5.86. The number of benzene rings is 1. The molecule has 1 aliphatic rings. The number of likely N-dealkylation sites (tertiary alicyclic amines) is 1. The lowest BCUT2D eigenvalue weighted by Crippen LogP contribution is -2.31. The first-order valence-corrected chi connectivity index (χ1v) is 8.12. The first-order valence-electron chi connectivity index (χ1n) is 8.12. The van der Waals surface area contributed by atoms with E-state index >= 15 is 0 Å². The Balaban J connectivity index is 1.47. The van der Waals surface area contributed by atoms with Crippen LogP contribution in [-0.4, -0.2) is 49.9 Å². The molecule has 128 valence electrons. The standard InChI is InChI=1S/C18H14N6O2/c19-10-16-17(23-7-6-22-16)26-13-3-8-24(11-13)18(25)12-1-2-14-15(9-12)21-5-4-20-14/h1-2,4-7,9,13H,3,8,11H2/t13-/m1/s1. The molecule has 1 saturated heterocycles. The van der Waals surface area contributed by atoms with Crippen LogP contribution in [0.15, 0.2) is 43.0 Å². The SMILES string of the molecule is N#Cc1nccnc1O[C@@H]1CCN(C(=O)c2ccc3nccnc3c2)C1. The molecule has 1 fully saturated rings. The Morgan fingerprint density at radius 1 is 1.12 bits per heavy atom. The normalized spacial score (nSPS) is 16.4. The zero-order chi connectivity index (χ0) is 17.9. The zero-order valence-electron chi connectivity index (χ0n) is 13.7. The van der Waals surface area contributed by atoms with Gasteiger partial charge in [0.25, 0.3) is 11.8 Å². The van der Waals surface area contributed by atoms with Crippen LogP contribution in [0.5, 0.6) is 5.88 Å². The summed E-state index contributed by atoms with van der Waals surface area (Å²) in [6.45, 7) is 1.00. The van der Waals surface area contributed by atoms with Gasteiger partial charge in [-0.15, -0.1) is 0 Å². The molecule has 8 heteroatoms. The quantitative estimate of drug-likeness (QED) is 0.709. The van der Waals surface area contributed by atoms with E-state index in [4.69, 9.17) is 10.00 Å². The van der Waals surface area contributed by atoms with Gasteiger partial charge in [0.05, 0.1) is 17.6 Å². The molecule has 3 heterocycles. The average molecular weight is 346 g/mol. The number of carbonyl (C=O) groups excluding carboxylic acids is 1. The van der Waals surface area contributed by atoms with E-state index in [1.165, 1.54) is 12.4 Å². The second kappa shape index (κ2) is 6.72. The lowest BCUT2D eigenvalue weighted by atomic mass is 10.1. The molecule has 26 heavy (non-hydrogen) atoms. The monoisotopic (exact) mass is 346 g/mol. The molecule has 2 aromatic heterocycles. The number of hydrogen-bond donors (Lipinski definition) is 0. The van der Waals surface area contributed by atoms with Gasteiger partial charge in [-0.05, 0) is 18.2 Å². The van der Waals surface area contributed by atoms with Crippen LogP contribution >= 0.6 is 0 Å². The highest BCUT2D eigenvalue weighted by atomic mass is 16.5. The van der Waals surface area contributed by atoms with Crippen LogP contribution in [0.3, 0.4) is 0 Å². The summed E-state index contributed by atoms with van der Waals surface area (Å²) in [6, 6.07) is 7.24. The number of nitrogens with zero attached hydrogens (tertiary/aromatic N) is 6. The summed E-state index contributed by atoms with van der Waals surface area (Å²) in [5, 5.41) is 9.06. The first kappa shape index (κ1) is 15.9. The molecule has 0 saturated carbocycles. The lowest BCUT2D eigenvalue weighted by molar-refractivity contribution is 0.0771. The minimum Gasteiger partial charge on any atom is -0.470 e. The number of rotatable bonds is 3. The Morgan fingerprint density at radius 2 is 1.88 bits per heavy atom. The number of fused-ring (bicyclic) bond motifs is 1. The van der Waals surface area contributed by atoms with Gasteiger partial charge in [-0.25, -0.2) is 9.97 Å². The summed E-state index contributed by atoms with van der Waals surface area (Å²) >= 11 is 0. The molecule has 3 aromatic rings. The van der Waals surface area contributed by atoms with E-state index in [0.29, 0.717) is 30.6 Å². The average Bonchev–Trinajstić information content (AvgIpc) is 3.16. The third-order valence-corrected chi connectivity index (χ3v) is 4.20. The van der Waals surface area contributed by atoms with Gasteiger partial charge < -0.3 is 9.64 Å².